The number of hydrogen-bond donors (Lipinski definition) is 2. The van der Waals surface area contributed by atoms with Gasteiger partial charge in [-0.3, -0.25) is 9.69 Å². The summed E-state index contributed by atoms with van der Waals surface area (Å²) in [6.07, 6.45) is 0.480. The number of hydrogen-bond acceptors (Lipinski definition) is 5. The summed E-state index contributed by atoms with van der Waals surface area (Å²) >= 11 is 0. The van der Waals surface area contributed by atoms with Crippen LogP contribution in [-0.2, 0) is 9.53 Å². The summed E-state index contributed by atoms with van der Waals surface area (Å²) in [6.45, 7) is 10.8. The van der Waals surface area contributed by atoms with Gasteiger partial charge >= 0.3 is 6.09 Å². The fourth-order valence-corrected chi connectivity index (χ4v) is 3.08. The Morgan fingerprint density at radius 2 is 1.69 bits per heavy atom. The zero-order valence-corrected chi connectivity index (χ0v) is 17.7. The van der Waals surface area contributed by atoms with Crippen molar-refractivity contribution >= 4 is 17.7 Å². The zero-order valence-electron chi connectivity index (χ0n) is 17.7. The highest BCUT2D eigenvalue weighted by atomic mass is 19.1. The third kappa shape index (κ3) is 9.13. The number of amides is 2. The number of nitrogens with one attached hydrogen (secondary N) is 2. The van der Waals surface area contributed by atoms with Crippen LogP contribution in [0.3, 0.4) is 0 Å². The van der Waals surface area contributed by atoms with Gasteiger partial charge in [-0.1, -0.05) is 0 Å². The van der Waals surface area contributed by atoms with Crippen molar-refractivity contribution in [1.82, 2.24) is 15.5 Å². The quantitative estimate of drug-likeness (QED) is 0.646. The summed E-state index contributed by atoms with van der Waals surface area (Å²) in [5.74, 6) is -0.232. The Bertz CT molecular complexity index is 653. The van der Waals surface area contributed by atoms with E-state index in [1.165, 1.54) is 12.1 Å². The average molecular weight is 409 g/mol. The number of benzene rings is 1. The van der Waals surface area contributed by atoms with Crippen molar-refractivity contribution in [1.29, 1.82) is 0 Å². The lowest BCUT2D eigenvalue weighted by molar-refractivity contribution is -0.121. The number of ether oxygens (including phenoxy) is 1. The molecule has 29 heavy (non-hydrogen) atoms. The second-order valence-corrected chi connectivity index (χ2v) is 8.19. The highest BCUT2D eigenvalue weighted by Gasteiger charge is 2.17. The maximum atomic E-state index is 13.0. The van der Waals surface area contributed by atoms with Gasteiger partial charge in [0.15, 0.2) is 0 Å². The van der Waals surface area contributed by atoms with E-state index in [-0.39, 0.29) is 11.7 Å². The van der Waals surface area contributed by atoms with Crippen molar-refractivity contribution in [2.75, 3.05) is 50.7 Å². The Morgan fingerprint density at radius 1 is 1.03 bits per heavy atom. The third-order valence-electron chi connectivity index (χ3n) is 4.56. The third-order valence-corrected chi connectivity index (χ3v) is 4.56. The second-order valence-electron chi connectivity index (χ2n) is 8.19. The minimum atomic E-state index is -0.522. The molecule has 0 bridgehead atoms. The van der Waals surface area contributed by atoms with Gasteiger partial charge in [-0.2, -0.15) is 0 Å². The number of rotatable bonds is 8. The topological polar surface area (TPSA) is 73.9 Å². The Kier molecular flexibility index (Phi) is 8.70. The summed E-state index contributed by atoms with van der Waals surface area (Å²) in [5, 5.41) is 5.57. The standard InChI is InChI=1S/C21H33FN4O3/c1-21(2,3)29-20(28)24-10-4-5-19(27)23-11-12-25-13-15-26(16-14-25)18-8-6-17(22)7-9-18/h6-9H,4-5,10-16H2,1-3H3,(H,23,27)(H,24,28). The van der Waals surface area contributed by atoms with E-state index in [4.69, 9.17) is 4.74 Å². The van der Waals surface area contributed by atoms with Crippen LogP contribution in [0.1, 0.15) is 33.6 Å². The largest absolute Gasteiger partial charge is 0.444 e. The van der Waals surface area contributed by atoms with Gasteiger partial charge in [0.1, 0.15) is 11.4 Å². The number of carbonyl (C=O) groups is 2. The maximum absolute atomic E-state index is 13.0. The van der Waals surface area contributed by atoms with Crippen molar-refractivity contribution in [2.24, 2.45) is 0 Å². The minimum Gasteiger partial charge on any atom is -0.444 e. The maximum Gasteiger partial charge on any atom is 0.407 e. The van der Waals surface area contributed by atoms with Gasteiger partial charge < -0.3 is 20.3 Å². The predicted octanol–water partition coefficient (Wildman–Crippen LogP) is 2.37. The molecule has 0 unspecified atom stereocenters. The fraction of sp³-hybridized carbons (Fsp3) is 0.619. The first-order chi connectivity index (χ1) is 13.7. The number of nitrogens with zero attached hydrogens (tertiary/aromatic N) is 2. The van der Waals surface area contributed by atoms with Crippen LogP contribution in [0.25, 0.3) is 0 Å². The second kappa shape index (κ2) is 11.0. The van der Waals surface area contributed by atoms with Gasteiger partial charge in [0.25, 0.3) is 0 Å². The lowest BCUT2D eigenvalue weighted by atomic mass is 10.2. The van der Waals surface area contributed by atoms with E-state index in [2.05, 4.69) is 20.4 Å². The summed E-state index contributed by atoms with van der Waals surface area (Å²) in [4.78, 5) is 28.0. The van der Waals surface area contributed by atoms with Crippen molar-refractivity contribution in [2.45, 2.75) is 39.2 Å². The van der Waals surface area contributed by atoms with E-state index >= 15 is 0 Å². The molecule has 0 spiro atoms. The molecule has 0 saturated carbocycles. The summed E-state index contributed by atoms with van der Waals surface area (Å²) < 4.78 is 18.2. The van der Waals surface area contributed by atoms with E-state index in [0.717, 1.165) is 38.4 Å². The van der Waals surface area contributed by atoms with Crippen LogP contribution < -0.4 is 15.5 Å². The number of piperazine rings is 1. The van der Waals surface area contributed by atoms with E-state index in [9.17, 15) is 14.0 Å². The van der Waals surface area contributed by atoms with Gasteiger partial charge in [-0.05, 0) is 51.5 Å². The summed E-state index contributed by atoms with van der Waals surface area (Å²) in [7, 11) is 0. The number of anilines is 1. The number of carbonyl (C=O) groups excluding carboxylic acids is 2. The highest BCUT2D eigenvalue weighted by molar-refractivity contribution is 5.75. The van der Waals surface area contributed by atoms with E-state index in [1.54, 1.807) is 0 Å². The molecule has 0 aliphatic carbocycles. The van der Waals surface area contributed by atoms with Crippen LogP contribution in [0.4, 0.5) is 14.9 Å². The van der Waals surface area contributed by atoms with E-state index < -0.39 is 11.7 Å². The number of alkyl carbamates (subject to hydrolysis) is 1. The molecule has 7 nitrogen and oxygen atoms in total. The molecule has 1 aliphatic rings. The summed E-state index contributed by atoms with van der Waals surface area (Å²) in [6, 6.07) is 6.59. The lowest BCUT2D eigenvalue weighted by Gasteiger charge is -2.36. The molecule has 2 amide bonds. The van der Waals surface area contributed by atoms with Crippen LogP contribution in [-0.4, -0.2) is 68.3 Å². The van der Waals surface area contributed by atoms with Crippen molar-refractivity contribution < 1.29 is 18.7 Å². The first kappa shape index (κ1) is 22.9. The van der Waals surface area contributed by atoms with Gasteiger partial charge in [-0.25, -0.2) is 9.18 Å². The van der Waals surface area contributed by atoms with Crippen LogP contribution in [0, 0.1) is 5.82 Å². The first-order valence-corrected chi connectivity index (χ1v) is 10.2. The molecule has 1 aromatic carbocycles. The van der Waals surface area contributed by atoms with Crippen LogP contribution in [0.15, 0.2) is 24.3 Å². The smallest absolute Gasteiger partial charge is 0.407 e. The van der Waals surface area contributed by atoms with Gasteiger partial charge in [0.05, 0.1) is 0 Å². The van der Waals surface area contributed by atoms with Crippen molar-refractivity contribution in [3.8, 4) is 0 Å². The van der Waals surface area contributed by atoms with Crippen molar-refractivity contribution in [3.05, 3.63) is 30.1 Å². The molecule has 1 heterocycles. The van der Waals surface area contributed by atoms with E-state index in [0.29, 0.717) is 25.9 Å². The molecular formula is C21H33FN4O3. The Hall–Kier alpha value is -2.35. The average Bonchev–Trinajstić information content (AvgIpc) is 2.65. The monoisotopic (exact) mass is 408 g/mol. The number of halogens is 1. The minimum absolute atomic E-state index is 0.0130. The Labute approximate surface area is 172 Å². The molecule has 0 radical (unpaired) electrons. The van der Waals surface area contributed by atoms with Crippen LogP contribution in [0.2, 0.25) is 0 Å². The molecule has 1 aromatic rings. The van der Waals surface area contributed by atoms with Gasteiger partial charge in [0.2, 0.25) is 5.91 Å². The van der Waals surface area contributed by atoms with Crippen LogP contribution in [0.5, 0.6) is 0 Å². The Balaban J connectivity index is 1.52. The molecular weight excluding hydrogens is 375 g/mol. The molecule has 162 valence electrons. The fourth-order valence-electron chi connectivity index (χ4n) is 3.08. The lowest BCUT2D eigenvalue weighted by Crippen LogP contribution is -2.48. The van der Waals surface area contributed by atoms with E-state index in [1.807, 2.05) is 32.9 Å². The molecule has 1 fully saturated rings. The molecule has 0 atom stereocenters. The van der Waals surface area contributed by atoms with Crippen molar-refractivity contribution in [3.63, 3.8) is 0 Å². The normalized spacial score (nSPS) is 15.1. The molecule has 1 saturated heterocycles. The molecule has 0 aromatic heterocycles. The Morgan fingerprint density at radius 3 is 2.31 bits per heavy atom. The molecule has 8 heteroatoms. The van der Waals surface area contributed by atoms with Crippen LogP contribution >= 0.6 is 0 Å². The van der Waals surface area contributed by atoms with Gasteiger partial charge in [0, 0.05) is 57.9 Å². The van der Waals surface area contributed by atoms with Gasteiger partial charge in [-0.15, -0.1) is 0 Å². The summed E-state index contributed by atoms with van der Waals surface area (Å²) in [5.41, 5.74) is 0.519. The first-order valence-electron chi connectivity index (χ1n) is 10.2. The molecule has 1 aliphatic heterocycles. The SMILES string of the molecule is CC(C)(C)OC(=O)NCCCC(=O)NCCN1CCN(c2ccc(F)cc2)CC1. The molecule has 2 rings (SSSR count). The molecule has 2 N–H and O–H groups in total. The zero-order chi connectivity index (χ0) is 21.3. The predicted molar refractivity (Wildman–Crippen MR) is 112 cm³/mol. The highest BCUT2D eigenvalue weighted by Crippen LogP contribution is 2.16.